The van der Waals surface area contributed by atoms with Crippen LogP contribution in [0.25, 0.3) is 0 Å². The smallest absolute Gasteiger partial charge is 0.212 e. The fourth-order valence-corrected chi connectivity index (χ4v) is 2.52. The van der Waals surface area contributed by atoms with Gasteiger partial charge in [-0.25, -0.2) is 13.1 Å². The van der Waals surface area contributed by atoms with E-state index in [4.69, 9.17) is 4.52 Å². The molecule has 0 aliphatic rings. The maximum Gasteiger partial charge on any atom is 0.212 e. The van der Waals surface area contributed by atoms with Crippen molar-refractivity contribution in [3.05, 3.63) is 18.0 Å². The van der Waals surface area contributed by atoms with Crippen LogP contribution in [0.3, 0.4) is 0 Å². The van der Waals surface area contributed by atoms with E-state index in [0.717, 1.165) is 25.9 Å². The molecule has 0 saturated carbocycles. The van der Waals surface area contributed by atoms with E-state index in [1.54, 1.807) is 6.07 Å². The van der Waals surface area contributed by atoms with E-state index in [-0.39, 0.29) is 12.3 Å². The average molecular weight is 275 g/mol. The van der Waals surface area contributed by atoms with E-state index in [9.17, 15) is 8.42 Å². The molecular formula is C11H21N3O3S. The summed E-state index contributed by atoms with van der Waals surface area (Å²) in [6.07, 6.45) is 4.10. The van der Waals surface area contributed by atoms with E-state index in [2.05, 4.69) is 22.1 Å². The molecule has 0 aliphatic carbocycles. The average Bonchev–Trinajstić information content (AvgIpc) is 2.84. The maximum absolute atomic E-state index is 11.6. The van der Waals surface area contributed by atoms with Crippen LogP contribution in [-0.2, 0) is 16.6 Å². The SMILES string of the molecule is CCCNCCCCS(=O)(=O)NCc1ccno1. The van der Waals surface area contributed by atoms with Gasteiger partial charge in [-0.15, -0.1) is 0 Å². The topological polar surface area (TPSA) is 84.2 Å². The van der Waals surface area contributed by atoms with Crippen molar-refractivity contribution >= 4 is 10.0 Å². The number of sulfonamides is 1. The number of hydrogen-bond donors (Lipinski definition) is 2. The van der Waals surface area contributed by atoms with Gasteiger partial charge in [0, 0.05) is 6.07 Å². The first-order valence-electron chi connectivity index (χ1n) is 6.21. The second kappa shape index (κ2) is 8.23. The minimum atomic E-state index is -3.22. The van der Waals surface area contributed by atoms with Gasteiger partial charge >= 0.3 is 0 Å². The molecule has 6 nitrogen and oxygen atoms in total. The molecule has 1 aromatic heterocycles. The third-order valence-electron chi connectivity index (χ3n) is 2.40. The molecule has 0 fully saturated rings. The summed E-state index contributed by atoms with van der Waals surface area (Å²) in [7, 11) is -3.22. The summed E-state index contributed by atoms with van der Waals surface area (Å²) < 4.78 is 30.5. The Morgan fingerprint density at radius 1 is 1.33 bits per heavy atom. The molecule has 0 spiro atoms. The molecule has 1 heterocycles. The normalized spacial score (nSPS) is 11.8. The van der Waals surface area contributed by atoms with Crippen LogP contribution in [0.4, 0.5) is 0 Å². The first-order chi connectivity index (χ1) is 8.64. The highest BCUT2D eigenvalue weighted by atomic mass is 32.2. The van der Waals surface area contributed by atoms with Crippen molar-refractivity contribution in [2.45, 2.75) is 32.7 Å². The summed E-state index contributed by atoms with van der Waals surface area (Å²) in [5.74, 6) is 0.665. The Morgan fingerprint density at radius 3 is 2.83 bits per heavy atom. The minimum absolute atomic E-state index is 0.148. The highest BCUT2D eigenvalue weighted by Crippen LogP contribution is 1.99. The third kappa shape index (κ3) is 6.73. The van der Waals surface area contributed by atoms with E-state index < -0.39 is 10.0 Å². The lowest BCUT2D eigenvalue weighted by Crippen LogP contribution is -2.26. The number of nitrogens with zero attached hydrogens (tertiary/aromatic N) is 1. The van der Waals surface area contributed by atoms with Gasteiger partial charge in [0.15, 0.2) is 5.76 Å². The number of aromatic nitrogens is 1. The molecule has 0 saturated heterocycles. The largest absolute Gasteiger partial charge is 0.360 e. The molecule has 104 valence electrons. The Balaban J connectivity index is 2.12. The van der Waals surface area contributed by atoms with Crippen LogP contribution in [0.1, 0.15) is 31.9 Å². The Hall–Kier alpha value is -0.920. The lowest BCUT2D eigenvalue weighted by molar-refractivity contribution is 0.380. The molecule has 0 atom stereocenters. The maximum atomic E-state index is 11.6. The molecule has 0 radical (unpaired) electrons. The number of unbranched alkanes of at least 4 members (excludes halogenated alkanes) is 1. The summed E-state index contributed by atoms with van der Waals surface area (Å²) in [6.45, 7) is 4.11. The van der Waals surface area contributed by atoms with Gasteiger partial charge in [0.25, 0.3) is 0 Å². The number of hydrogen-bond acceptors (Lipinski definition) is 5. The zero-order chi connectivity index (χ0) is 13.3. The van der Waals surface area contributed by atoms with Gasteiger partial charge in [-0.1, -0.05) is 12.1 Å². The van der Waals surface area contributed by atoms with Gasteiger partial charge in [0.1, 0.15) is 0 Å². The summed E-state index contributed by atoms with van der Waals surface area (Å²) in [5, 5.41) is 6.75. The van der Waals surface area contributed by atoms with Crippen molar-refractivity contribution in [2.24, 2.45) is 0 Å². The first-order valence-corrected chi connectivity index (χ1v) is 7.87. The van der Waals surface area contributed by atoms with Crippen LogP contribution >= 0.6 is 0 Å². The van der Waals surface area contributed by atoms with Crippen LogP contribution in [-0.4, -0.2) is 32.4 Å². The number of rotatable bonds is 10. The van der Waals surface area contributed by atoms with Crippen LogP contribution in [0, 0.1) is 0 Å². The fourth-order valence-electron chi connectivity index (χ4n) is 1.43. The van der Waals surface area contributed by atoms with Crippen molar-refractivity contribution in [1.82, 2.24) is 15.2 Å². The summed E-state index contributed by atoms with van der Waals surface area (Å²) in [4.78, 5) is 0. The van der Waals surface area contributed by atoms with Gasteiger partial charge in [-0.3, -0.25) is 0 Å². The van der Waals surface area contributed by atoms with Crippen molar-refractivity contribution in [1.29, 1.82) is 0 Å². The summed E-state index contributed by atoms with van der Waals surface area (Å²) in [6, 6.07) is 1.64. The van der Waals surface area contributed by atoms with Crippen molar-refractivity contribution in [3.8, 4) is 0 Å². The van der Waals surface area contributed by atoms with E-state index in [1.165, 1.54) is 6.20 Å². The Bertz CT molecular complexity index is 403. The molecule has 0 aliphatic heterocycles. The third-order valence-corrected chi connectivity index (χ3v) is 3.81. The lowest BCUT2D eigenvalue weighted by Gasteiger charge is -2.05. The van der Waals surface area contributed by atoms with E-state index >= 15 is 0 Å². The van der Waals surface area contributed by atoms with Gasteiger partial charge < -0.3 is 9.84 Å². The van der Waals surface area contributed by atoms with Crippen molar-refractivity contribution in [2.75, 3.05) is 18.8 Å². The molecule has 0 unspecified atom stereocenters. The van der Waals surface area contributed by atoms with E-state index in [0.29, 0.717) is 12.2 Å². The van der Waals surface area contributed by atoms with Crippen LogP contribution in [0.5, 0.6) is 0 Å². The fraction of sp³-hybridized carbons (Fsp3) is 0.727. The van der Waals surface area contributed by atoms with Crippen LogP contribution in [0.2, 0.25) is 0 Å². The minimum Gasteiger partial charge on any atom is -0.360 e. The van der Waals surface area contributed by atoms with Crippen molar-refractivity contribution in [3.63, 3.8) is 0 Å². The molecule has 0 bridgehead atoms. The van der Waals surface area contributed by atoms with Gasteiger partial charge in [-0.05, 0) is 32.4 Å². The predicted molar refractivity (Wildman–Crippen MR) is 69.5 cm³/mol. The molecule has 1 rings (SSSR count). The molecule has 1 aromatic rings. The second-order valence-electron chi connectivity index (χ2n) is 4.08. The highest BCUT2D eigenvalue weighted by molar-refractivity contribution is 7.89. The van der Waals surface area contributed by atoms with Crippen molar-refractivity contribution < 1.29 is 12.9 Å². The standard InChI is InChI=1S/C11H21N3O3S/c1-2-6-12-7-3-4-9-18(15,16)14-10-11-5-8-13-17-11/h5,8,12,14H,2-4,6-7,9-10H2,1H3. The van der Waals surface area contributed by atoms with Gasteiger partial charge in [0.05, 0.1) is 18.5 Å². The van der Waals surface area contributed by atoms with Crippen LogP contribution in [0.15, 0.2) is 16.8 Å². The molecule has 0 amide bonds. The molecule has 18 heavy (non-hydrogen) atoms. The molecule has 7 heteroatoms. The van der Waals surface area contributed by atoms with Gasteiger partial charge in [-0.2, -0.15) is 0 Å². The quantitative estimate of drug-likeness (QED) is 0.619. The Kier molecular flexibility index (Phi) is 6.92. The second-order valence-corrected chi connectivity index (χ2v) is 6.00. The monoisotopic (exact) mass is 275 g/mol. The van der Waals surface area contributed by atoms with Crippen LogP contribution < -0.4 is 10.0 Å². The number of nitrogens with one attached hydrogen (secondary N) is 2. The molecule has 0 aromatic carbocycles. The zero-order valence-electron chi connectivity index (χ0n) is 10.7. The molecular weight excluding hydrogens is 254 g/mol. The summed E-state index contributed by atoms with van der Waals surface area (Å²) in [5.41, 5.74) is 0. The lowest BCUT2D eigenvalue weighted by atomic mass is 10.3. The van der Waals surface area contributed by atoms with E-state index in [1.807, 2.05) is 0 Å². The first kappa shape index (κ1) is 15.1. The summed E-state index contributed by atoms with van der Waals surface area (Å²) >= 11 is 0. The predicted octanol–water partition coefficient (Wildman–Crippen LogP) is 0.874. The molecule has 2 N–H and O–H groups in total. The Morgan fingerprint density at radius 2 is 2.17 bits per heavy atom. The van der Waals surface area contributed by atoms with Gasteiger partial charge in [0.2, 0.25) is 10.0 Å². The Labute approximate surface area is 108 Å². The highest BCUT2D eigenvalue weighted by Gasteiger charge is 2.10. The zero-order valence-corrected chi connectivity index (χ0v) is 11.5.